The second-order valence-corrected chi connectivity index (χ2v) is 8.12. The zero-order chi connectivity index (χ0) is 25.5. The molecule has 1 amide bonds. The number of alkyl halides is 3. The van der Waals surface area contributed by atoms with Crippen molar-refractivity contribution in [1.29, 1.82) is 0 Å². The Morgan fingerprint density at radius 1 is 1.00 bits per heavy atom. The van der Waals surface area contributed by atoms with Gasteiger partial charge in [0.1, 0.15) is 6.33 Å². The lowest BCUT2D eigenvalue weighted by Crippen LogP contribution is -2.41. The number of ether oxygens (including phenoxy) is 2. The van der Waals surface area contributed by atoms with E-state index in [0.29, 0.717) is 31.9 Å². The number of anilines is 1. The molecule has 2 heterocycles. The highest BCUT2D eigenvalue weighted by Gasteiger charge is 2.32. The number of carbonyl (C=O) groups is 2. The molecular formula is C25H23F3N4O4. The lowest BCUT2D eigenvalue weighted by molar-refractivity contribution is -0.274. The summed E-state index contributed by atoms with van der Waals surface area (Å²) in [6.45, 7) is 1.99. The van der Waals surface area contributed by atoms with Crippen LogP contribution < -0.4 is 10.1 Å². The Morgan fingerprint density at radius 2 is 1.69 bits per heavy atom. The van der Waals surface area contributed by atoms with Crippen molar-refractivity contribution < 1.29 is 32.2 Å². The van der Waals surface area contributed by atoms with Crippen LogP contribution in [0.2, 0.25) is 0 Å². The second kappa shape index (κ2) is 11.3. The molecule has 11 heteroatoms. The van der Waals surface area contributed by atoms with Gasteiger partial charge in [-0.2, -0.15) is 0 Å². The van der Waals surface area contributed by atoms with Crippen molar-refractivity contribution in [3.8, 4) is 16.9 Å². The van der Waals surface area contributed by atoms with E-state index >= 15 is 0 Å². The van der Waals surface area contributed by atoms with Gasteiger partial charge in [0, 0.05) is 43.0 Å². The molecule has 0 aliphatic carbocycles. The summed E-state index contributed by atoms with van der Waals surface area (Å²) >= 11 is 0. The number of Topliss-reactive ketones (excluding diaryl/α,β-unsaturated/α-hetero) is 1. The van der Waals surface area contributed by atoms with Gasteiger partial charge >= 0.3 is 6.36 Å². The van der Waals surface area contributed by atoms with Crippen molar-refractivity contribution >= 4 is 17.4 Å². The fraction of sp³-hybridized carbons (Fsp3) is 0.280. The van der Waals surface area contributed by atoms with Gasteiger partial charge in [-0.15, -0.1) is 13.2 Å². The zero-order valence-corrected chi connectivity index (χ0v) is 19.1. The van der Waals surface area contributed by atoms with Crippen LogP contribution in [0, 0.1) is 0 Å². The minimum atomic E-state index is -4.96. The van der Waals surface area contributed by atoms with Gasteiger partial charge in [-0.3, -0.25) is 14.5 Å². The third-order valence-corrected chi connectivity index (χ3v) is 5.48. The highest BCUT2D eigenvalue weighted by Crippen LogP contribution is 2.32. The standard InChI is InChI=1S/C25H23F3N4O4/c26-25(27,28)36-23-6-5-19(12-21(23)31-24(34)15-32-7-9-35-10-8-32)22(33)11-17-1-3-18(4-2-17)20-13-29-16-30-14-20/h1-6,12-14,16H,7-11,15H2,(H,31,34). The second-order valence-electron chi connectivity index (χ2n) is 8.12. The number of ketones is 1. The van der Waals surface area contributed by atoms with Crippen molar-refractivity contribution in [2.75, 3.05) is 38.2 Å². The number of carbonyl (C=O) groups excluding carboxylic acids is 2. The van der Waals surface area contributed by atoms with Gasteiger partial charge < -0.3 is 14.8 Å². The molecule has 0 saturated carbocycles. The van der Waals surface area contributed by atoms with E-state index in [1.165, 1.54) is 18.5 Å². The molecule has 1 saturated heterocycles. The molecule has 1 aliphatic rings. The third kappa shape index (κ3) is 7.09. The lowest BCUT2D eigenvalue weighted by Gasteiger charge is -2.26. The molecule has 0 atom stereocenters. The maximum absolute atomic E-state index is 12.9. The summed E-state index contributed by atoms with van der Waals surface area (Å²) in [5.41, 5.74) is 2.34. The van der Waals surface area contributed by atoms with E-state index < -0.39 is 18.0 Å². The van der Waals surface area contributed by atoms with E-state index in [1.54, 1.807) is 24.5 Å². The van der Waals surface area contributed by atoms with Crippen molar-refractivity contribution in [2.45, 2.75) is 12.8 Å². The van der Waals surface area contributed by atoms with E-state index in [0.717, 1.165) is 17.2 Å². The average molecular weight is 500 g/mol. The van der Waals surface area contributed by atoms with Crippen LogP contribution in [-0.2, 0) is 16.0 Å². The average Bonchev–Trinajstić information content (AvgIpc) is 2.86. The SMILES string of the molecule is O=C(CN1CCOCC1)Nc1cc(C(=O)Cc2ccc(-c3cncnc3)cc2)ccc1OC(F)(F)F. The maximum atomic E-state index is 12.9. The predicted octanol–water partition coefficient (Wildman–Crippen LogP) is 3.74. The van der Waals surface area contributed by atoms with Gasteiger partial charge in [0.25, 0.3) is 0 Å². The monoisotopic (exact) mass is 500 g/mol. The van der Waals surface area contributed by atoms with Crippen molar-refractivity contribution in [3.05, 3.63) is 72.3 Å². The molecule has 188 valence electrons. The molecule has 0 spiro atoms. The number of hydrogen-bond donors (Lipinski definition) is 1. The third-order valence-electron chi connectivity index (χ3n) is 5.48. The number of rotatable bonds is 8. The summed E-state index contributed by atoms with van der Waals surface area (Å²) in [4.78, 5) is 35.2. The molecule has 1 aliphatic heterocycles. The molecular weight excluding hydrogens is 477 g/mol. The Hall–Kier alpha value is -3.83. The first-order valence-electron chi connectivity index (χ1n) is 11.1. The molecule has 4 rings (SSSR count). The molecule has 0 bridgehead atoms. The van der Waals surface area contributed by atoms with Crippen LogP contribution in [0.3, 0.4) is 0 Å². The summed E-state index contributed by atoms with van der Waals surface area (Å²) in [7, 11) is 0. The molecule has 36 heavy (non-hydrogen) atoms. The summed E-state index contributed by atoms with van der Waals surface area (Å²) in [5, 5.41) is 2.45. The lowest BCUT2D eigenvalue weighted by atomic mass is 10.00. The summed E-state index contributed by atoms with van der Waals surface area (Å²) in [6, 6.07) is 10.7. The molecule has 8 nitrogen and oxygen atoms in total. The Balaban J connectivity index is 1.48. The Kier molecular flexibility index (Phi) is 7.91. The molecule has 3 aromatic rings. The first-order chi connectivity index (χ1) is 17.3. The van der Waals surface area contributed by atoms with Gasteiger partial charge in [-0.1, -0.05) is 24.3 Å². The minimum absolute atomic E-state index is 0.0200. The number of aromatic nitrogens is 2. The number of nitrogens with zero attached hydrogens (tertiary/aromatic N) is 3. The Bertz CT molecular complexity index is 1200. The quantitative estimate of drug-likeness (QED) is 0.471. The van der Waals surface area contributed by atoms with Gasteiger partial charge in [0.15, 0.2) is 11.5 Å². The van der Waals surface area contributed by atoms with Crippen LogP contribution in [0.4, 0.5) is 18.9 Å². The van der Waals surface area contributed by atoms with Crippen molar-refractivity contribution in [3.63, 3.8) is 0 Å². The smallest absolute Gasteiger partial charge is 0.404 e. The summed E-state index contributed by atoms with van der Waals surface area (Å²) < 4.78 is 48.0. The molecule has 1 fully saturated rings. The molecule has 0 radical (unpaired) electrons. The Labute approximate surface area is 205 Å². The van der Waals surface area contributed by atoms with Gasteiger partial charge in [-0.25, -0.2) is 9.97 Å². The van der Waals surface area contributed by atoms with E-state index in [-0.39, 0.29) is 30.0 Å². The normalized spacial score (nSPS) is 14.3. The van der Waals surface area contributed by atoms with Gasteiger partial charge in [0.05, 0.1) is 25.4 Å². The minimum Gasteiger partial charge on any atom is -0.404 e. The molecule has 0 unspecified atom stereocenters. The largest absolute Gasteiger partial charge is 0.573 e. The number of morpholine rings is 1. The van der Waals surface area contributed by atoms with E-state index in [9.17, 15) is 22.8 Å². The van der Waals surface area contributed by atoms with Crippen LogP contribution in [0.25, 0.3) is 11.1 Å². The predicted molar refractivity (Wildman–Crippen MR) is 125 cm³/mol. The number of hydrogen-bond acceptors (Lipinski definition) is 7. The number of halogens is 3. The summed E-state index contributed by atoms with van der Waals surface area (Å²) in [6.07, 6.45) is -0.160. The fourth-order valence-corrected chi connectivity index (χ4v) is 3.72. The molecule has 2 aromatic carbocycles. The topological polar surface area (TPSA) is 93.7 Å². The first-order valence-corrected chi connectivity index (χ1v) is 11.1. The van der Waals surface area contributed by atoms with Crippen LogP contribution in [0.5, 0.6) is 5.75 Å². The zero-order valence-electron chi connectivity index (χ0n) is 19.1. The van der Waals surface area contributed by atoms with E-state index in [4.69, 9.17) is 4.74 Å². The van der Waals surface area contributed by atoms with E-state index in [1.807, 2.05) is 17.0 Å². The van der Waals surface area contributed by atoms with E-state index in [2.05, 4.69) is 20.0 Å². The maximum Gasteiger partial charge on any atom is 0.573 e. The number of amides is 1. The van der Waals surface area contributed by atoms with Crippen molar-refractivity contribution in [2.24, 2.45) is 0 Å². The Morgan fingerprint density at radius 3 is 2.36 bits per heavy atom. The van der Waals surface area contributed by atoms with Crippen LogP contribution in [0.1, 0.15) is 15.9 Å². The van der Waals surface area contributed by atoms with Crippen LogP contribution in [0.15, 0.2) is 61.2 Å². The number of nitrogens with one attached hydrogen (secondary N) is 1. The highest BCUT2D eigenvalue weighted by molar-refractivity contribution is 6.00. The summed E-state index contributed by atoms with van der Waals surface area (Å²) in [5.74, 6) is -1.44. The van der Waals surface area contributed by atoms with Crippen molar-refractivity contribution in [1.82, 2.24) is 14.9 Å². The van der Waals surface area contributed by atoms with Gasteiger partial charge in [-0.05, 0) is 29.3 Å². The highest BCUT2D eigenvalue weighted by atomic mass is 19.4. The fourth-order valence-electron chi connectivity index (χ4n) is 3.72. The molecule has 1 N–H and O–H groups in total. The van der Waals surface area contributed by atoms with Crippen LogP contribution >= 0.6 is 0 Å². The molecule has 1 aromatic heterocycles. The van der Waals surface area contributed by atoms with Crippen LogP contribution in [-0.4, -0.2) is 65.8 Å². The number of benzene rings is 2. The first kappa shape index (κ1) is 25.3. The van der Waals surface area contributed by atoms with Gasteiger partial charge in [0.2, 0.25) is 5.91 Å².